The Labute approximate surface area is 164 Å². The van der Waals surface area contributed by atoms with Crippen LogP contribution in [0.3, 0.4) is 0 Å². The van der Waals surface area contributed by atoms with Crippen LogP contribution in [0.1, 0.15) is 41.6 Å². The van der Waals surface area contributed by atoms with E-state index in [2.05, 4.69) is 5.32 Å². The smallest absolute Gasteiger partial charge is 0.451 e. The van der Waals surface area contributed by atoms with Gasteiger partial charge >= 0.3 is 13.1 Å². The second-order valence-electron chi connectivity index (χ2n) is 6.50. The van der Waals surface area contributed by atoms with Gasteiger partial charge in [0, 0.05) is 18.7 Å². The van der Waals surface area contributed by atoms with Gasteiger partial charge in [-0.1, -0.05) is 12.8 Å². The molecule has 1 rings (SSSR count). The number of nitrogens with zero attached hydrogens (tertiary/aromatic N) is 1. The van der Waals surface area contributed by atoms with Crippen molar-refractivity contribution in [1.29, 1.82) is 5.26 Å². The molecule has 9 nitrogen and oxygen atoms in total. The summed E-state index contributed by atoms with van der Waals surface area (Å²) in [5.41, 5.74) is 5.38. The predicted octanol–water partition coefficient (Wildman–Crippen LogP) is 0.120. The lowest BCUT2D eigenvalue weighted by atomic mass is 9.81. The monoisotopic (exact) mass is 391 g/mol. The number of benzene rings is 1. The Balaban J connectivity index is 2.26. The molecule has 0 aliphatic carbocycles. The van der Waals surface area contributed by atoms with Crippen LogP contribution in [0.25, 0.3) is 0 Å². The van der Waals surface area contributed by atoms with Crippen LogP contribution in [0.15, 0.2) is 24.3 Å². The van der Waals surface area contributed by atoms with Crippen LogP contribution in [-0.2, 0) is 9.53 Å². The topological polar surface area (TPSA) is 166 Å². The third-order valence-electron chi connectivity index (χ3n) is 4.26. The van der Waals surface area contributed by atoms with E-state index < -0.39 is 18.6 Å². The molecule has 1 atom stereocenters. The van der Waals surface area contributed by atoms with Crippen molar-refractivity contribution in [3.05, 3.63) is 35.4 Å². The summed E-state index contributed by atoms with van der Waals surface area (Å²) in [6, 6.07) is 8.20. The number of nitrogens with one attached hydrogen (secondary N) is 1. The number of hydrogen-bond acceptors (Lipinski definition) is 7. The minimum Gasteiger partial charge on any atom is -0.480 e. The van der Waals surface area contributed by atoms with E-state index in [1.54, 1.807) is 24.3 Å². The Morgan fingerprint density at radius 2 is 1.86 bits per heavy atom. The summed E-state index contributed by atoms with van der Waals surface area (Å²) >= 11 is 0. The number of carbonyl (C=O) groups excluding carboxylic acids is 1. The van der Waals surface area contributed by atoms with Crippen LogP contribution in [0, 0.1) is 11.3 Å². The number of ether oxygens (including phenoxy) is 1. The van der Waals surface area contributed by atoms with Crippen molar-refractivity contribution >= 4 is 19.0 Å². The van der Waals surface area contributed by atoms with Gasteiger partial charge in [0.25, 0.3) is 5.91 Å². The first kappa shape index (κ1) is 23.6. The van der Waals surface area contributed by atoms with Crippen molar-refractivity contribution in [2.75, 3.05) is 19.8 Å². The molecule has 1 unspecified atom stereocenters. The number of nitrogens with two attached hydrogens (primary N) is 1. The molecule has 0 aliphatic heterocycles. The van der Waals surface area contributed by atoms with E-state index >= 15 is 0 Å². The van der Waals surface area contributed by atoms with Gasteiger partial charge in [-0.2, -0.15) is 5.26 Å². The number of unbranched alkanes of at least 4 members (excludes halogenated alkanes) is 1. The van der Waals surface area contributed by atoms with E-state index in [9.17, 15) is 14.7 Å². The van der Waals surface area contributed by atoms with Crippen LogP contribution >= 0.6 is 0 Å². The van der Waals surface area contributed by atoms with Gasteiger partial charge in [-0.15, -0.1) is 0 Å². The highest BCUT2D eigenvalue weighted by Gasteiger charge is 2.33. The molecule has 28 heavy (non-hydrogen) atoms. The molecular weight excluding hydrogens is 365 g/mol. The third-order valence-corrected chi connectivity index (χ3v) is 4.26. The van der Waals surface area contributed by atoms with E-state index in [0.717, 1.165) is 0 Å². The van der Waals surface area contributed by atoms with Gasteiger partial charge in [-0.05, 0) is 43.4 Å². The number of amides is 1. The van der Waals surface area contributed by atoms with Gasteiger partial charge < -0.3 is 30.9 Å². The zero-order valence-corrected chi connectivity index (χ0v) is 15.6. The predicted molar refractivity (Wildman–Crippen MR) is 102 cm³/mol. The third kappa shape index (κ3) is 8.50. The molecular formula is C18H26BN3O6. The molecule has 0 saturated heterocycles. The number of hydrogen-bond donors (Lipinski definition) is 5. The second-order valence-corrected chi connectivity index (χ2v) is 6.50. The molecule has 1 amide bonds. The molecule has 1 aromatic carbocycles. The summed E-state index contributed by atoms with van der Waals surface area (Å²) in [4.78, 5) is 23.3. The van der Waals surface area contributed by atoms with Crippen LogP contribution in [0.4, 0.5) is 0 Å². The van der Waals surface area contributed by atoms with E-state index in [0.29, 0.717) is 24.0 Å². The molecule has 0 bridgehead atoms. The quantitative estimate of drug-likeness (QED) is 0.234. The Hall–Kier alpha value is -2.45. The first-order valence-electron chi connectivity index (χ1n) is 9.03. The lowest BCUT2D eigenvalue weighted by Gasteiger charge is -2.24. The molecule has 0 fully saturated rings. The van der Waals surface area contributed by atoms with Crippen LogP contribution in [0.5, 0.6) is 0 Å². The average molecular weight is 391 g/mol. The molecule has 0 radical (unpaired) electrons. The van der Waals surface area contributed by atoms with Crippen LogP contribution in [-0.4, -0.2) is 59.4 Å². The normalized spacial score (nSPS) is 12.6. The maximum absolute atomic E-state index is 11.9. The summed E-state index contributed by atoms with van der Waals surface area (Å²) in [5, 5.41) is 38.3. The minimum absolute atomic E-state index is 0.105. The lowest BCUT2D eigenvalue weighted by molar-refractivity contribution is -0.144. The number of carbonyl (C=O) groups is 2. The fourth-order valence-electron chi connectivity index (χ4n) is 2.50. The van der Waals surface area contributed by atoms with Crippen LogP contribution in [0.2, 0.25) is 6.32 Å². The zero-order chi connectivity index (χ0) is 21.0. The molecule has 0 heterocycles. The van der Waals surface area contributed by atoms with Crippen LogP contribution < -0.4 is 11.1 Å². The van der Waals surface area contributed by atoms with Gasteiger partial charge in [0.1, 0.15) is 5.54 Å². The van der Waals surface area contributed by atoms with Gasteiger partial charge in [0.2, 0.25) is 0 Å². The Kier molecular flexibility index (Phi) is 10.2. The molecule has 152 valence electrons. The average Bonchev–Trinajstić information content (AvgIpc) is 2.67. The summed E-state index contributed by atoms with van der Waals surface area (Å²) in [7, 11) is -1.40. The lowest BCUT2D eigenvalue weighted by Crippen LogP contribution is -2.49. The van der Waals surface area contributed by atoms with E-state index in [1.807, 2.05) is 6.07 Å². The van der Waals surface area contributed by atoms with Crippen molar-refractivity contribution in [3.63, 3.8) is 0 Å². The molecule has 0 aliphatic rings. The molecule has 6 N–H and O–H groups in total. The highest BCUT2D eigenvalue weighted by Crippen LogP contribution is 2.17. The van der Waals surface area contributed by atoms with Crippen molar-refractivity contribution in [1.82, 2.24) is 5.32 Å². The van der Waals surface area contributed by atoms with Gasteiger partial charge in [-0.3, -0.25) is 9.59 Å². The summed E-state index contributed by atoms with van der Waals surface area (Å²) in [5.74, 6) is -1.42. The number of carboxylic acids is 1. The summed E-state index contributed by atoms with van der Waals surface area (Å²) < 4.78 is 5.37. The Morgan fingerprint density at radius 1 is 1.18 bits per heavy atom. The fraction of sp³-hybridized carbons (Fsp3) is 0.500. The maximum atomic E-state index is 11.9. The standard InChI is InChI=1S/C18H26BN3O6/c20-13-14-3-5-15(6-4-14)16(23)22-10-12-28-11-8-18(21,17(24)25)7-1-2-9-19(26)27/h3-6,26-27H,1-2,7-12,21H2,(H,22,23)(H,24,25). The van der Waals surface area contributed by atoms with Crippen molar-refractivity contribution in [2.45, 2.75) is 37.5 Å². The molecule has 0 saturated carbocycles. The van der Waals surface area contributed by atoms with E-state index in [1.165, 1.54) is 0 Å². The van der Waals surface area contributed by atoms with Gasteiger partial charge in [0.05, 0.1) is 18.2 Å². The molecule has 1 aromatic rings. The highest BCUT2D eigenvalue weighted by molar-refractivity contribution is 6.40. The second kappa shape index (κ2) is 12.1. The Bertz CT molecular complexity index is 677. The highest BCUT2D eigenvalue weighted by atomic mass is 16.5. The summed E-state index contributed by atoms with van der Waals surface area (Å²) in [6.07, 6.45) is 1.40. The SMILES string of the molecule is N#Cc1ccc(C(=O)NCCOCCC(N)(CCCCB(O)O)C(=O)O)cc1. The molecule has 0 aromatic heterocycles. The van der Waals surface area contributed by atoms with Gasteiger partial charge in [0.15, 0.2) is 0 Å². The van der Waals surface area contributed by atoms with Crippen molar-refractivity contribution < 1.29 is 29.5 Å². The fourth-order valence-corrected chi connectivity index (χ4v) is 2.50. The summed E-state index contributed by atoms with van der Waals surface area (Å²) in [6.45, 7) is 0.574. The van der Waals surface area contributed by atoms with Crippen molar-refractivity contribution in [2.24, 2.45) is 5.73 Å². The first-order chi connectivity index (χ1) is 13.3. The number of rotatable bonds is 13. The first-order valence-corrected chi connectivity index (χ1v) is 9.03. The maximum Gasteiger partial charge on any atom is 0.451 e. The minimum atomic E-state index is -1.44. The van der Waals surface area contributed by atoms with Crippen molar-refractivity contribution in [3.8, 4) is 6.07 Å². The molecule has 0 spiro atoms. The largest absolute Gasteiger partial charge is 0.480 e. The number of nitriles is 1. The molecule has 10 heteroatoms. The number of carboxylic acid groups (broad SMARTS) is 1. The van der Waals surface area contributed by atoms with E-state index in [-0.39, 0.29) is 44.8 Å². The Morgan fingerprint density at radius 3 is 2.43 bits per heavy atom. The van der Waals surface area contributed by atoms with E-state index in [4.69, 9.17) is 25.8 Å². The number of aliphatic carboxylic acids is 1. The van der Waals surface area contributed by atoms with Gasteiger partial charge in [-0.25, -0.2) is 0 Å². The zero-order valence-electron chi connectivity index (χ0n) is 15.6.